The highest BCUT2D eigenvalue weighted by molar-refractivity contribution is 5.85. The lowest BCUT2D eigenvalue weighted by molar-refractivity contribution is 0.496. The van der Waals surface area contributed by atoms with Gasteiger partial charge in [-0.1, -0.05) is 66.7 Å². The van der Waals surface area contributed by atoms with Gasteiger partial charge in [-0.05, 0) is 47.1 Å². The Morgan fingerprint density at radius 1 is 0.750 bits per heavy atom. The monoisotopic (exact) mass is 480 g/mol. The van der Waals surface area contributed by atoms with Crippen molar-refractivity contribution in [1.29, 1.82) is 0 Å². The summed E-state index contributed by atoms with van der Waals surface area (Å²) in [4.78, 5) is 8.79. The van der Waals surface area contributed by atoms with E-state index in [-0.39, 0.29) is 16.2 Å². The molecule has 0 saturated heterocycles. The van der Waals surface area contributed by atoms with Gasteiger partial charge < -0.3 is 0 Å². The highest BCUT2D eigenvalue weighted by atomic mass is 15.1. The second-order valence-electron chi connectivity index (χ2n) is 12.3. The number of nitrogens with one attached hydrogen (secondary N) is 2. The van der Waals surface area contributed by atoms with E-state index in [2.05, 4.69) is 104 Å². The first kappa shape index (κ1) is 24.2. The molecule has 0 aliphatic carbocycles. The number of nitrogens with zero attached hydrogens (tertiary/aromatic N) is 4. The molecule has 0 radical (unpaired) electrons. The molecule has 0 saturated carbocycles. The zero-order valence-corrected chi connectivity index (χ0v) is 22.4. The van der Waals surface area contributed by atoms with Crippen LogP contribution < -0.4 is 0 Å². The molecular formula is C30H36N6. The van der Waals surface area contributed by atoms with Gasteiger partial charge in [0.1, 0.15) is 0 Å². The molecule has 36 heavy (non-hydrogen) atoms. The summed E-state index contributed by atoms with van der Waals surface area (Å²) in [5, 5.41) is 18.0. The third-order valence-corrected chi connectivity index (χ3v) is 7.26. The summed E-state index contributed by atoms with van der Waals surface area (Å²) in [6, 6.07) is 11.1. The molecule has 0 amide bonds. The lowest BCUT2D eigenvalue weighted by Gasteiger charge is -2.29. The summed E-state index contributed by atoms with van der Waals surface area (Å²) in [7, 11) is 0. The predicted molar refractivity (Wildman–Crippen MR) is 146 cm³/mol. The average Bonchev–Trinajstić information content (AvgIpc) is 3.45. The fraction of sp³-hybridized carbons (Fsp3) is 0.400. The van der Waals surface area contributed by atoms with Crippen LogP contribution in [-0.4, -0.2) is 30.4 Å². The Bertz CT molecular complexity index is 1520. The molecule has 0 aliphatic rings. The van der Waals surface area contributed by atoms with Crippen LogP contribution in [0.2, 0.25) is 0 Å². The van der Waals surface area contributed by atoms with Crippen molar-refractivity contribution in [1.82, 2.24) is 30.4 Å². The first-order chi connectivity index (χ1) is 17.0. The fourth-order valence-electron chi connectivity index (χ4n) is 5.60. The largest absolute Gasteiger partial charge is 0.278 e. The van der Waals surface area contributed by atoms with E-state index in [1.807, 2.05) is 12.4 Å². The Kier molecular flexibility index (Phi) is 5.73. The van der Waals surface area contributed by atoms with Crippen molar-refractivity contribution in [2.75, 3.05) is 0 Å². The standard InChI is InChI=1S/C30H36N6/c1-28(2,3)26-20(9-11-23-22(26)17-33-34-23)16-30(6,7)27-21-10-8-19(14-24(21)35-36-27)15-29(4,5)25-18-31-12-13-32-25/h8-14,17-18H,15-16H2,1-7H3,(H,33,34)(H,35,36). The Morgan fingerprint density at radius 2 is 1.56 bits per heavy atom. The third kappa shape index (κ3) is 4.41. The van der Waals surface area contributed by atoms with Crippen molar-refractivity contribution >= 4 is 21.8 Å². The van der Waals surface area contributed by atoms with Gasteiger partial charge in [0.2, 0.25) is 0 Å². The molecule has 6 heteroatoms. The van der Waals surface area contributed by atoms with Gasteiger partial charge in [-0.2, -0.15) is 10.2 Å². The summed E-state index contributed by atoms with van der Waals surface area (Å²) in [5.74, 6) is 0. The van der Waals surface area contributed by atoms with Crippen molar-refractivity contribution in [3.63, 3.8) is 0 Å². The van der Waals surface area contributed by atoms with E-state index in [1.54, 1.807) is 12.4 Å². The summed E-state index contributed by atoms with van der Waals surface area (Å²) in [6.07, 6.45) is 9.07. The van der Waals surface area contributed by atoms with E-state index in [1.165, 1.54) is 27.5 Å². The van der Waals surface area contributed by atoms with Crippen LogP contribution >= 0.6 is 0 Å². The minimum Gasteiger partial charge on any atom is -0.278 e. The van der Waals surface area contributed by atoms with Gasteiger partial charge in [-0.25, -0.2) is 0 Å². The molecule has 5 aromatic rings. The molecule has 6 nitrogen and oxygen atoms in total. The SMILES string of the molecule is CC(C)(C)c1c(CC(C)(C)c2n[nH]c3cc(CC(C)(C)c4cnccn4)ccc23)ccc2[nH]ncc12. The molecule has 0 bridgehead atoms. The number of H-pyrrole nitrogens is 2. The summed E-state index contributed by atoms with van der Waals surface area (Å²) >= 11 is 0. The first-order valence-electron chi connectivity index (χ1n) is 12.7. The Morgan fingerprint density at radius 3 is 2.28 bits per heavy atom. The van der Waals surface area contributed by atoms with Crippen LogP contribution in [0.25, 0.3) is 21.8 Å². The molecule has 0 fully saturated rings. The normalized spacial score (nSPS) is 13.1. The van der Waals surface area contributed by atoms with E-state index in [0.717, 1.165) is 35.3 Å². The smallest absolute Gasteiger partial charge is 0.0760 e. The van der Waals surface area contributed by atoms with Crippen molar-refractivity contribution in [3.05, 3.63) is 83.2 Å². The fourth-order valence-corrected chi connectivity index (χ4v) is 5.60. The zero-order valence-electron chi connectivity index (χ0n) is 22.4. The Balaban J connectivity index is 1.47. The second kappa shape index (κ2) is 8.54. The maximum absolute atomic E-state index is 4.84. The van der Waals surface area contributed by atoms with Crippen molar-refractivity contribution in [2.24, 2.45) is 0 Å². The molecular weight excluding hydrogens is 444 g/mol. The van der Waals surface area contributed by atoms with Gasteiger partial charge in [-0.3, -0.25) is 20.2 Å². The second-order valence-corrected chi connectivity index (χ2v) is 12.3. The van der Waals surface area contributed by atoms with Gasteiger partial charge in [0.05, 0.1) is 28.6 Å². The molecule has 3 heterocycles. The number of benzene rings is 2. The predicted octanol–water partition coefficient (Wildman–Crippen LogP) is 6.57. The van der Waals surface area contributed by atoms with Crippen LogP contribution in [-0.2, 0) is 29.1 Å². The molecule has 186 valence electrons. The minimum absolute atomic E-state index is 0.00722. The number of hydrogen-bond acceptors (Lipinski definition) is 4. The van der Waals surface area contributed by atoms with E-state index < -0.39 is 0 Å². The average molecular weight is 481 g/mol. The molecule has 3 aromatic heterocycles. The van der Waals surface area contributed by atoms with E-state index in [9.17, 15) is 0 Å². The number of rotatable bonds is 6. The molecule has 2 N–H and O–H groups in total. The summed E-state index contributed by atoms with van der Waals surface area (Å²) in [6.45, 7) is 15.8. The minimum atomic E-state index is -0.157. The van der Waals surface area contributed by atoms with Gasteiger partial charge in [0.25, 0.3) is 0 Å². The van der Waals surface area contributed by atoms with Crippen LogP contribution in [0.4, 0.5) is 0 Å². The molecule has 2 aromatic carbocycles. The number of hydrogen-bond donors (Lipinski definition) is 2. The van der Waals surface area contributed by atoms with Crippen molar-refractivity contribution in [3.8, 4) is 0 Å². The Labute approximate surface area is 213 Å². The lowest BCUT2D eigenvalue weighted by atomic mass is 9.75. The van der Waals surface area contributed by atoms with Gasteiger partial charge >= 0.3 is 0 Å². The van der Waals surface area contributed by atoms with E-state index in [0.29, 0.717) is 0 Å². The van der Waals surface area contributed by atoms with Crippen LogP contribution in [0, 0.1) is 0 Å². The molecule has 0 atom stereocenters. The van der Waals surface area contributed by atoms with Gasteiger partial charge in [0.15, 0.2) is 0 Å². The van der Waals surface area contributed by atoms with Crippen molar-refractivity contribution < 1.29 is 0 Å². The highest BCUT2D eigenvalue weighted by Crippen LogP contribution is 2.38. The quantitative estimate of drug-likeness (QED) is 0.288. The number of fused-ring (bicyclic) bond motifs is 2. The van der Waals surface area contributed by atoms with Crippen LogP contribution in [0.1, 0.15) is 76.5 Å². The van der Waals surface area contributed by atoms with Gasteiger partial charge in [-0.15, -0.1) is 0 Å². The molecule has 5 rings (SSSR count). The van der Waals surface area contributed by atoms with Crippen molar-refractivity contribution in [2.45, 2.75) is 77.6 Å². The summed E-state index contributed by atoms with van der Waals surface area (Å²) in [5.41, 5.74) is 7.96. The van der Waals surface area contributed by atoms with Crippen LogP contribution in [0.15, 0.2) is 55.1 Å². The number of aromatic nitrogens is 6. The topological polar surface area (TPSA) is 83.1 Å². The molecule has 0 aliphatic heterocycles. The third-order valence-electron chi connectivity index (χ3n) is 7.26. The van der Waals surface area contributed by atoms with E-state index in [4.69, 9.17) is 5.10 Å². The highest BCUT2D eigenvalue weighted by Gasteiger charge is 2.31. The van der Waals surface area contributed by atoms with Gasteiger partial charge in [0, 0.05) is 40.2 Å². The number of aromatic amines is 2. The summed E-state index contributed by atoms with van der Waals surface area (Å²) < 4.78 is 0. The molecule has 0 spiro atoms. The van der Waals surface area contributed by atoms with Crippen LogP contribution in [0.5, 0.6) is 0 Å². The zero-order chi connectivity index (χ0) is 25.7. The maximum atomic E-state index is 4.84. The Hall–Kier alpha value is -3.54. The maximum Gasteiger partial charge on any atom is 0.0760 e. The van der Waals surface area contributed by atoms with Crippen LogP contribution in [0.3, 0.4) is 0 Å². The lowest BCUT2D eigenvalue weighted by Crippen LogP contribution is -2.24. The molecule has 0 unspecified atom stereocenters. The van der Waals surface area contributed by atoms with E-state index >= 15 is 0 Å². The first-order valence-corrected chi connectivity index (χ1v) is 12.7.